The summed E-state index contributed by atoms with van der Waals surface area (Å²) < 4.78 is 0. The van der Waals surface area contributed by atoms with Gasteiger partial charge in [-0.1, -0.05) is 37.3 Å². The Morgan fingerprint density at radius 3 is 2.75 bits per heavy atom. The molecule has 1 saturated heterocycles. The molecule has 0 aliphatic carbocycles. The lowest BCUT2D eigenvalue weighted by Gasteiger charge is -2.30. The fraction of sp³-hybridized carbons (Fsp3) is 0.562. The highest BCUT2D eigenvalue weighted by Gasteiger charge is 2.43. The lowest BCUT2D eigenvalue weighted by atomic mass is 9.96. The van der Waals surface area contributed by atoms with Crippen LogP contribution >= 0.6 is 0 Å². The first-order valence-electron chi connectivity index (χ1n) is 7.39. The number of nitrogens with zero attached hydrogens (tertiary/aromatic N) is 1. The van der Waals surface area contributed by atoms with Gasteiger partial charge in [0.05, 0.1) is 0 Å². The zero-order chi connectivity index (χ0) is 14.6. The molecule has 0 aromatic heterocycles. The molecule has 1 heterocycles. The summed E-state index contributed by atoms with van der Waals surface area (Å²) in [5.74, 6) is -0.228. The molecule has 0 spiro atoms. The SMILES string of the molecule is CCC(C)NC1(C(N)=O)CCN(Cc2ccccc2)C1. The van der Waals surface area contributed by atoms with Crippen molar-refractivity contribution in [3.8, 4) is 0 Å². The minimum Gasteiger partial charge on any atom is -0.368 e. The molecule has 1 aliphatic rings. The molecule has 2 unspecified atom stereocenters. The zero-order valence-electron chi connectivity index (χ0n) is 12.4. The van der Waals surface area contributed by atoms with E-state index in [0.29, 0.717) is 12.6 Å². The second-order valence-corrected chi connectivity index (χ2v) is 5.85. The number of primary amides is 1. The van der Waals surface area contributed by atoms with Crippen LogP contribution in [0.15, 0.2) is 30.3 Å². The molecule has 110 valence electrons. The van der Waals surface area contributed by atoms with E-state index in [1.165, 1.54) is 5.56 Å². The van der Waals surface area contributed by atoms with Gasteiger partial charge in [-0.3, -0.25) is 15.0 Å². The largest absolute Gasteiger partial charge is 0.368 e. The second-order valence-electron chi connectivity index (χ2n) is 5.85. The van der Waals surface area contributed by atoms with Gasteiger partial charge in [0.25, 0.3) is 0 Å². The van der Waals surface area contributed by atoms with E-state index < -0.39 is 5.54 Å². The predicted octanol–water partition coefficient (Wildman–Crippen LogP) is 1.50. The minimum atomic E-state index is -0.565. The maximum absolute atomic E-state index is 11.9. The van der Waals surface area contributed by atoms with E-state index >= 15 is 0 Å². The summed E-state index contributed by atoms with van der Waals surface area (Å²) in [4.78, 5) is 14.2. The Bertz CT molecular complexity index is 448. The minimum absolute atomic E-state index is 0.228. The van der Waals surface area contributed by atoms with Crippen molar-refractivity contribution in [3.63, 3.8) is 0 Å². The maximum atomic E-state index is 11.9. The number of rotatable bonds is 6. The van der Waals surface area contributed by atoms with Gasteiger partial charge >= 0.3 is 0 Å². The number of hydrogen-bond donors (Lipinski definition) is 2. The molecule has 4 nitrogen and oxygen atoms in total. The van der Waals surface area contributed by atoms with Gasteiger partial charge in [0, 0.05) is 25.7 Å². The van der Waals surface area contributed by atoms with Crippen molar-refractivity contribution in [1.29, 1.82) is 0 Å². The molecule has 1 amide bonds. The molecule has 1 fully saturated rings. The number of hydrogen-bond acceptors (Lipinski definition) is 3. The van der Waals surface area contributed by atoms with Crippen LogP contribution in [0.1, 0.15) is 32.3 Å². The molecule has 0 radical (unpaired) electrons. The first kappa shape index (κ1) is 15.0. The number of carbonyl (C=O) groups excluding carboxylic acids is 1. The van der Waals surface area contributed by atoms with Crippen LogP contribution in [0.3, 0.4) is 0 Å². The lowest BCUT2D eigenvalue weighted by molar-refractivity contribution is -0.124. The van der Waals surface area contributed by atoms with Crippen LogP contribution in [0.4, 0.5) is 0 Å². The van der Waals surface area contributed by atoms with E-state index in [9.17, 15) is 4.79 Å². The number of likely N-dealkylation sites (tertiary alicyclic amines) is 1. The number of nitrogens with one attached hydrogen (secondary N) is 1. The fourth-order valence-corrected chi connectivity index (χ4v) is 2.83. The monoisotopic (exact) mass is 275 g/mol. The Kier molecular flexibility index (Phi) is 4.78. The molecule has 2 atom stereocenters. The molecule has 1 aliphatic heterocycles. The van der Waals surface area contributed by atoms with Crippen LogP contribution < -0.4 is 11.1 Å². The highest BCUT2D eigenvalue weighted by atomic mass is 16.1. The summed E-state index contributed by atoms with van der Waals surface area (Å²) >= 11 is 0. The van der Waals surface area contributed by atoms with Crippen LogP contribution in [0.25, 0.3) is 0 Å². The third kappa shape index (κ3) is 3.38. The van der Waals surface area contributed by atoms with Crippen molar-refractivity contribution in [3.05, 3.63) is 35.9 Å². The molecular formula is C16H25N3O. The second kappa shape index (κ2) is 6.37. The molecule has 20 heavy (non-hydrogen) atoms. The van der Waals surface area contributed by atoms with Crippen LogP contribution in [0.2, 0.25) is 0 Å². The fourth-order valence-electron chi connectivity index (χ4n) is 2.83. The van der Waals surface area contributed by atoms with Crippen LogP contribution in [0, 0.1) is 0 Å². The van der Waals surface area contributed by atoms with E-state index in [1.54, 1.807) is 0 Å². The smallest absolute Gasteiger partial charge is 0.239 e. The first-order chi connectivity index (χ1) is 9.55. The van der Waals surface area contributed by atoms with E-state index in [1.807, 2.05) is 18.2 Å². The third-order valence-corrected chi connectivity index (χ3v) is 4.20. The molecule has 0 bridgehead atoms. The lowest BCUT2D eigenvalue weighted by Crippen LogP contribution is -2.59. The number of carbonyl (C=O) groups is 1. The van der Waals surface area contributed by atoms with Gasteiger partial charge in [-0.25, -0.2) is 0 Å². The summed E-state index contributed by atoms with van der Waals surface area (Å²) in [6, 6.07) is 10.7. The highest BCUT2D eigenvalue weighted by molar-refractivity contribution is 5.85. The van der Waals surface area contributed by atoms with E-state index in [-0.39, 0.29) is 5.91 Å². The van der Waals surface area contributed by atoms with Crippen molar-refractivity contribution in [2.45, 2.75) is 44.8 Å². The van der Waals surface area contributed by atoms with E-state index in [2.05, 4.69) is 36.2 Å². The molecule has 1 aromatic carbocycles. The van der Waals surface area contributed by atoms with E-state index in [4.69, 9.17) is 5.73 Å². The molecule has 0 saturated carbocycles. The van der Waals surface area contributed by atoms with Gasteiger partial charge in [-0.15, -0.1) is 0 Å². The van der Waals surface area contributed by atoms with Crippen LogP contribution in [0.5, 0.6) is 0 Å². The maximum Gasteiger partial charge on any atom is 0.239 e. The third-order valence-electron chi connectivity index (χ3n) is 4.20. The molecular weight excluding hydrogens is 250 g/mol. The van der Waals surface area contributed by atoms with Crippen LogP contribution in [-0.2, 0) is 11.3 Å². The summed E-state index contributed by atoms with van der Waals surface area (Å²) in [6.45, 7) is 6.69. The summed E-state index contributed by atoms with van der Waals surface area (Å²) in [6.07, 6.45) is 1.78. The Balaban J connectivity index is 2.02. The molecule has 1 aromatic rings. The normalized spacial score (nSPS) is 24.7. The number of benzene rings is 1. The van der Waals surface area contributed by atoms with Crippen molar-refractivity contribution >= 4 is 5.91 Å². The van der Waals surface area contributed by atoms with Gasteiger partial charge in [0.1, 0.15) is 5.54 Å². The molecule has 2 rings (SSSR count). The summed E-state index contributed by atoms with van der Waals surface area (Å²) in [7, 11) is 0. The average molecular weight is 275 g/mol. The van der Waals surface area contributed by atoms with Gasteiger partial charge < -0.3 is 5.73 Å². The quantitative estimate of drug-likeness (QED) is 0.827. The Morgan fingerprint density at radius 1 is 1.45 bits per heavy atom. The van der Waals surface area contributed by atoms with Gasteiger partial charge in [-0.05, 0) is 25.3 Å². The molecule has 3 N–H and O–H groups in total. The summed E-state index contributed by atoms with van der Waals surface area (Å²) in [5.41, 5.74) is 6.37. The highest BCUT2D eigenvalue weighted by Crippen LogP contribution is 2.24. The van der Waals surface area contributed by atoms with Crippen LogP contribution in [-0.4, -0.2) is 35.5 Å². The first-order valence-corrected chi connectivity index (χ1v) is 7.39. The van der Waals surface area contributed by atoms with Gasteiger partial charge in [0.2, 0.25) is 5.91 Å². The number of amides is 1. The van der Waals surface area contributed by atoms with E-state index in [0.717, 1.165) is 25.9 Å². The predicted molar refractivity (Wildman–Crippen MR) is 81.2 cm³/mol. The van der Waals surface area contributed by atoms with Crippen molar-refractivity contribution < 1.29 is 4.79 Å². The van der Waals surface area contributed by atoms with Crippen molar-refractivity contribution in [1.82, 2.24) is 10.2 Å². The standard InChI is InChI=1S/C16H25N3O/c1-3-13(2)18-16(15(17)20)9-10-19(12-16)11-14-7-5-4-6-8-14/h4-8,13,18H,3,9-12H2,1-2H3,(H2,17,20). The Morgan fingerprint density at radius 2 is 2.15 bits per heavy atom. The number of nitrogens with two attached hydrogens (primary N) is 1. The molecule has 4 heteroatoms. The average Bonchev–Trinajstić information content (AvgIpc) is 2.84. The summed E-state index contributed by atoms with van der Waals surface area (Å²) in [5, 5.41) is 3.44. The Labute approximate surface area is 121 Å². The van der Waals surface area contributed by atoms with Gasteiger partial charge in [0.15, 0.2) is 0 Å². The zero-order valence-corrected chi connectivity index (χ0v) is 12.4. The Hall–Kier alpha value is -1.39. The van der Waals surface area contributed by atoms with Crippen molar-refractivity contribution in [2.75, 3.05) is 13.1 Å². The van der Waals surface area contributed by atoms with Crippen molar-refractivity contribution in [2.24, 2.45) is 5.73 Å². The topological polar surface area (TPSA) is 58.4 Å². The van der Waals surface area contributed by atoms with Gasteiger partial charge in [-0.2, -0.15) is 0 Å².